The molecule has 0 aliphatic rings. The predicted molar refractivity (Wildman–Crippen MR) is 167 cm³/mol. The van der Waals surface area contributed by atoms with E-state index in [0.717, 1.165) is 85.5 Å². The minimum absolute atomic E-state index is 0.00650. The van der Waals surface area contributed by atoms with Gasteiger partial charge < -0.3 is 19.4 Å². The predicted octanol–water partition coefficient (Wildman–Crippen LogP) is 7.36. The van der Waals surface area contributed by atoms with E-state index in [2.05, 4.69) is 40.7 Å². The number of hydrogen-bond donors (Lipinski definition) is 1. The summed E-state index contributed by atoms with van der Waals surface area (Å²) in [7, 11) is 1.67. The molecule has 216 valence electrons. The molecule has 0 saturated heterocycles. The summed E-state index contributed by atoms with van der Waals surface area (Å²) in [5.74, 6) is 2.66. The van der Waals surface area contributed by atoms with Gasteiger partial charge in [-0.25, -0.2) is 4.98 Å². The summed E-state index contributed by atoms with van der Waals surface area (Å²) in [5, 5.41) is 3.65. The van der Waals surface area contributed by atoms with Gasteiger partial charge in [0, 0.05) is 24.5 Å². The number of nitrogens with one attached hydrogen (secondary N) is 1. The average Bonchev–Trinajstić information content (AvgIpc) is 3.33. The van der Waals surface area contributed by atoms with Gasteiger partial charge in [-0.1, -0.05) is 60.5 Å². The number of imidazole rings is 1. The van der Waals surface area contributed by atoms with Crippen LogP contribution in [-0.4, -0.2) is 35.7 Å². The van der Waals surface area contributed by atoms with E-state index in [0.29, 0.717) is 24.6 Å². The van der Waals surface area contributed by atoms with Crippen LogP contribution in [0.25, 0.3) is 11.0 Å². The molecule has 7 heteroatoms. The fraction of sp³-hybridized carbons (Fsp3) is 0.353. The molecule has 3 aromatic carbocycles. The average molecular weight is 574 g/mol. The van der Waals surface area contributed by atoms with Crippen LogP contribution in [0.1, 0.15) is 49.1 Å². The van der Waals surface area contributed by atoms with Gasteiger partial charge in [-0.15, -0.1) is 6.58 Å². The summed E-state index contributed by atoms with van der Waals surface area (Å²) >= 11 is 6.17. The van der Waals surface area contributed by atoms with Crippen molar-refractivity contribution in [2.24, 2.45) is 0 Å². The molecule has 1 heterocycles. The molecule has 0 aliphatic heterocycles. The number of carbonyl (C=O) groups excluding carboxylic acids is 1. The number of nitrogens with zero attached hydrogens (tertiary/aromatic N) is 2. The molecule has 0 unspecified atom stereocenters. The van der Waals surface area contributed by atoms with Crippen LogP contribution in [0.5, 0.6) is 11.5 Å². The molecule has 0 fully saturated rings. The van der Waals surface area contributed by atoms with Gasteiger partial charge in [0.2, 0.25) is 5.91 Å². The van der Waals surface area contributed by atoms with Crippen LogP contribution in [-0.2, 0) is 30.6 Å². The number of aromatic nitrogens is 2. The van der Waals surface area contributed by atoms with Gasteiger partial charge in [-0.2, -0.15) is 0 Å². The molecule has 1 aromatic heterocycles. The summed E-state index contributed by atoms with van der Waals surface area (Å²) in [6.45, 7) is 5.99. The molecule has 0 saturated carbocycles. The second-order valence-electron chi connectivity index (χ2n) is 10.1. The Morgan fingerprint density at radius 1 is 1.00 bits per heavy atom. The minimum Gasteiger partial charge on any atom is -0.493 e. The lowest BCUT2D eigenvalue weighted by Crippen LogP contribution is -2.26. The van der Waals surface area contributed by atoms with Crippen molar-refractivity contribution in [3.05, 3.63) is 101 Å². The molecule has 0 bridgehead atoms. The highest BCUT2D eigenvalue weighted by molar-refractivity contribution is 6.31. The number of carbonyl (C=O) groups is 1. The first kappa shape index (κ1) is 30.2. The molecule has 4 rings (SSSR count). The lowest BCUT2D eigenvalue weighted by Gasteiger charge is -2.13. The number of benzene rings is 3. The van der Waals surface area contributed by atoms with E-state index in [9.17, 15) is 4.79 Å². The number of allylic oxidation sites excluding steroid dienone is 1. The SMILES string of the molecule is C=CCc1ccc(OCCCCn2c(CCCCCNC(=O)Cc3ccccc3Cl)nc3ccccc32)c(OC)c1. The number of unbranched alkanes of at least 4 members (excludes halogenated alkanes) is 3. The molecule has 6 nitrogen and oxygen atoms in total. The Balaban J connectivity index is 1.21. The Morgan fingerprint density at radius 2 is 1.83 bits per heavy atom. The molecular formula is C34H40ClN3O3. The number of ether oxygens (including phenoxy) is 2. The number of aryl methyl sites for hydroxylation is 2. The van der Waals surface area contributed by atoms with E-state index >= 15 is 0 Å². The van der Waals surface area contributed by atoms with Crippen molar-refractivity contribution in [2.45, 2.75) is 57.9 Å². The van der Waals surface area contributed by atoms with Gasteiger partial charge in [0.25, 0.3) is 0 Å². The highest BCUT2D eigenvalue weighted by atomic mass is 35.5. The van der Waals surface area contributed by atoms with Crippen LogP contribution >= 0.6 is 11.6 Å². The summed E-state index contributed by atoms with van der Waals surface area (Å²) in [6.07, 6.45) is 8.80. The van der Waals surface area contributed by atoms with Crippen molar-refractivity contribution in [1.29, 1.82) is 0 Å². The lowest BCUT2D eigenvalue weighted by atomic mass is 10.1. The van der Waals surface area contributed by atoms with Crippen LogP contribution < -0.4 is 14.8 Å². The number of hydrogen-bond acceptors (Lipinski definition) is 4. The molecular weight excluding hydrogens is 534 g/mol. The summed E-state index contributed by atoms with van der Waals surface area (Å²) < 4.78 is 13.9. The first-order chi connectivity index (χ1) is 20.1. The minimum atomic E-state index is 0.00650. The Kier molecular flexibility index (Phi) is 11.7. The van der Waals surface area contributed by atoms with Crippen molar-refractivity contribution in [3.8, 4) is 11.5 Å². The highest BCUT2D eigenvalue weighted by Crippen LogP contribution is 2.28. The first-order valence-corrected chi connectivity index (χ1v) is 14.8. The van der Waals surface area contributed by atoms with Crippen LogP contribution in [0.2, 0.25) is 5.02 Å². The highest BCUT2D eigenvalue weighted by Gasteiger charge is 2.11. The van der Waals surface area contributed by atoms with E-state index < -0.39 is 0 Å². The topological polar surface area (TPSA) is 65.4 Å². The van der Waals surface area contributed by atoms with Crippen molar-refractivity contribution < 1.29 is 14.3 Å². The summed E-state index contributed by atoms with van der Waals surface area (Å²) in [4.78, 5) is 17.2. The Morgan fingerprint density at radius 3 is 2.66 bits per heavy atom. The molecule has 0 radical (unpaired) electrons. The summed E-state index contributed by atoms with van der Waals surface area (Å²) in [6, 6.07) is 21.8. The van der Waals surface area contributed by atoms with E-state index in [1.807, 2.05) is 48.5 Å². The maximum absolute atomic E-state index is 12.3. The Hall–Kier alpha value is -3.77. The van der Waals surface area contributed by atoms with E-state index in [1.54, 1.807) is 7.11 Å². The van der Waals surface area contributed by atoms with Crippen LogP contribution in [0, 0.1) is 0 Å². The number of amides is 1. The first-order valence-electron chi connectivity index (χ1n) is 14.4. The molecule has 0 aliphatic carbocycles. The molecule has 0 atom stereocenters. The maximum Gasteiger partial charge on any atom is 0.224 e. The molecule has 41 heavy (non-hydrogen) atoms. The zero-order chi connectivity index (χ0) is 28.9. The van der Waals surface area contributed by atoms with Crippen molar-refractivity contribution in [3.63, 3.8) is 0 Å². The largest absolute Gasteiger partial charge is 0.493 e. The fourth-order valence-electron chi connectivity index (χ4n) is 4.93. The van der Waals surface area contributed by atoms with Crippen LogP contribution in [0.15, 0.2) is 79.4 Å². The monoisotopic (exact) mass is 573 g/mol. The number of rotatable bonds is 17. The number of para-hydroxylation sites is 2. The third-order valence-corrected chi connectivity index (χ3v) is 7.45. The second-order valence-corrected chi connectivity index (χ2v) is 10.5. The van der Waals surface area contributed by atoms with Crippen molar-refractivity contribution in [1.82, 2.24) is 14.9 Å². The number of halogens is 1. The zero-order valence-electron chi connectivity index (χ0n) is 23.9. The fourth-order valence-corrected chi connectivity index (χ4v) is 5.14. The van der Waals surface area contributed by atoms with Gasteiger partial charge in [0.05, 0.1) is 31.2 Å². The van der Waals surface area contributed by atoms with Crippen LogP contribution in [0.4, 0.5) is 0 Å². The normalized spacial score (nSPS) is 11.0. The van der Waals surface area contributed by atoms with Gasteiger partial charge in [-0.05, 0) is 73.6 Å². The summed E-state index contributed by atoms with van der Waals surface area (Å²) in [5.41, 5.74) is 4.22. The lowest BCUT2D eigenvalue weighted by molar-refractivity contribution is -0.120. The van der Waals surface area contributed by atoms with Gasteiger partial charge in [-0.3, -0.25) is 4.79 Å². The Bertz CT molecular complexity index is 1430. The van der Waals surface area contributed by atoms with Gasteiger partial charge in [0.1, 0.15) is 5.82 Å². The smallest absolute Gasteiger partial charge is 0.224 e. The van der Waals surface area contributed by atoms with Crippen molar-refractivity contribution in [2.75, 3.05) is 20.3 Å². The maximum atomic E-state index is 12.3. The van der Waals surface area contributed by atoms with E-state index in [1.165, 1.54) is 5.52 Å². The molecule has 4 aromatic rings. The van der Waals surface area contributed by atoms with Gasteiger partial charge >= 0.3 is 0 Å². The third-order valence-electron chi connectivity index (χ3n) is 7.08. The van der Waals surface area contributed by atoms with Crippen LogP contribution in [0.3, 0.4) is 0 Å². The molecule has 1 N–H and O–H groups in total. The quantitative estimate of drug-likeness (QED) is 0.106. The standard InChI is InChI=1S/C34H40ClN3O3/c1-3-13-26-19-20-31(32(24-26)40-2)41-23-12-11-22-38-30-17-9-8-16-29(30)37-33(38)18-5-4-10-21-36-34(39)25-27-14-6-7-15-28(27)35/h3,6-9,14-17,19-20,24H,1,4-5,10-13,18,21-23,25H2,2H3,(H,36,39). The molecule has 1 amide bonds. The zero-order valence-corrected chi connectivity index (χ0v) is 24.7. The van der Waals surface area contributed by atoms with E-state index in [-0.39, 0.29) is 5.91 Å². The third kappa shape index (κ3) is 8.86. The van der Waals surface area contributed by atoms with Gasteiger partial charge in [0.15, 0.2) is 11.5 Å². The second kappa shape index (κ2) is 15.9. The number of fused-ring (bicyclic) bond motifs is 1. The number of methoxy groups -OCH3 is 1. The molecule has 0 spiro atoms. The van der Waals surface area contributed by atoms with Crippen molar-refractivity contribution >= 4 is 28.5 Å². The van der Waals surface area contributed by atoms with E-state index in [4.69, 9.17) is 26.1 Å². The Labute approximate surface area is 248 Å².